The van der Waals surface area contributed by atoms with Crippen molar-refractivity contribution < 1.29 is 9.72 Å². The van der Waals surface area contributed by atoms with E-state index in [0.717, 1.165) is 12.8 Å². The van der Waals surface area contributed by atoms with Crippen LogP contribution in [0.3, 0.4) is 0 Å². The third kappa shape index (κ3) is 2.53. The average Bonchev–Trinajstić information content (AvgIpc) is 2.81. The van der Waals surface area contributed by atoms with Crippen molar-refractivity contribution >= 4 is 17.4 Å². The molecule has 18 heavy (non-hydrogen) atoms. The van der Waals surface area contributed by atoms with E-state index < -0.39 is 4.92 Å². The Bertz CT molecular complexity index is 517. The first-order valence-corrected chi connectivity index (χ1v) is 5.66. The quantitative estimate of drug-likeness (QED) is 0.504. The largest absolute Gasteiger partial charge is 0.310 e. The first-order valence-electron chi connectivity index (χ1n) is 5.66. The van der Waals surface area contributed by atoms with Crippen molar-refractivity contribution in [3.05, 3.63) is 40.1 Å². The molecule has 1 N–H and O–H groups in total. The minimum Gasteiger partial charge on any atom is -0.310 e. The van der Waals surface area contributed by atoms with Crippen LogP contribution < -0.4 is 5.32 Å². The molecule has 1 heterocycles. The Morgan fingerprint density at radius 3 is 2.67 bits per heavy atom. The van der Waals surface area contributed by atoms with Crippen molar-refractivity contribution in [2.75, 3.05) is 5.32 Å². The fourth-order valence-electron chi connectivity index (χ4n) is 1.88. The first kappa shape index (κ1) is 12.2. The molecule has 6 heteroatoms. The number of anilines is 1. The van der Waals surface area contributed by atoms with E-state index >= 15 is 0 Å². The first-order chi connectivity index (χ1) is 8.58. The molecule has 0 spiro atoms. The Kier molecular flexibility index (Phi) is 3.36. The zero-order chi connectivity index (χ0) is 13.1. The Morgan fingerprint density at radius 2 is 2.11 bits per heavy atom. The van der Waals surface area contributed by atoms with Crippen LogP contribution in [-0.2, 0) is 4.79 Å². The van der Waals surface area contributed by atoms with E-state index in [1.54, 1.807) is 6.92 Å². The van der Waals surface area contributed by atoms with Gasteiger partial charge in [0, 0.05) is 12.0 Å². The van der Waals surface area contributed by atoms with Crippen LogP contribution in [0.25, 0.3) is 0 Å². The summed E-state index contributed by atoms with van der Waals surface area (Å²) in [4.78, 5) is 26.0. The van der Waals surface area contributed by atoms with Gasteiger partial charge in [0.25, 0.3) is 5.69 Å². The van der Waals surface area contributed by atoms with E-state index in [1.807, 2.05) is 12.2 Å². The summed E-state index contributed by atoms with van der Waals surface area (Å²) in [5.41, 5.74) is 0.248. The van der Waals surface area contributed by atoms with E-state index in [2.05, 4.69) is 10.3 Å². The normalized spacial score (nSPS) is 14.7. The number of hydrogen-bond donors (Lipinski definition) is 1. The van der Waals surface area contributed by atoms with Gasteiger partial charge in [-0.2, -0.15) is 0 Å². The third-order valence-corrected chi connectivity index (χ3v) is 2.88. The maximum Gasteiger partial charge on any atom is 0.290 e. The highest BCUT2D eigenvalue weighted by molar-refractivity contribution is 5.92. The van der Waals surface area contributed by atoms with Gasteiger partial charge in [0.05, 0.1) is 4.92 Å². The third-order valence-electron chi connectivity index (χ3n) is 2.88. The predicted octanol–water partition coefficient (Wildman–Crippen LogP) is 2.20. The second-order valence-electron chi connectivity index (χ2n) is 4.19. The van der Waals surface area contributed by atoms with E-state index in [4.69, 9.17) is 0 Å². The minimum atomic E-state index is -0.491. The minimum absolute atomic E-state index is 0.0458. The van der Waals surface area contributed by atoms with Crippen molar-refractivity contribution in [2.45, 2.75) is 19.8 Å². The molecule has 0 atom stereocenters. The fraction of sp³-hybridized carbons (Fsp3) is 0.333. The van der Waals surface area contributed by atoms with Gasteiger partial charge in [-0.25, -0.2) is 4.98 Å². The van der Waals surface area contributed by atoms with Gasteiger partial charge >= 0.3 is 0 Å². The van der Waals surface area contributed by atoms with Gasteiger partial charge in [0.1, 0.15) is 11.5 Å². The molecule has 0 aromatic carbocycles. The number of carbonyl (C=O) groups excluding carboxylic acids is 1. The van der Waals surface area contributed by atoms with E-state index in [-0.39, 0.29) is 17.5 Å². The molecule has 0 saturated carbocycles. The monoisotopic (exact) mass is 247 g/mol. The summed E-state index contributed by atoms with van der Waals surface area (Å²) in [6.45, 7) is 1.55. The van der Waals surface area contributed by atoms with E-state index in [0.29, 0.717) is 11.5 Å². The zero-order valence-corrected chi connectivity index (χ0v) is 9.92. The molecule has 0 saturated heterocycles. The smallest absolute Gasteiger partial charge is 0.290 e. The van der Waals surface area contributed by atoms with Crippen molar-refractivity contribution in [2.24, 2.45) is 5.92 Å². The average molecular weight is 247 g/mol. The van der Waals surface area contributed by atoms with Gasteiger partial charge in [0.2, 0.25) is 5.91 Å². The number of pyridine rings is 1. The Hall–Kier alpha value is -2.24. The summed E-state index contributed by atoms with van der Waals surface area (Å²) in [7, 11) is 0. The fourth-order valence-corrected chi connectivity index (χ4v) is 1.88. The van der Waals surface area contributed by atoms with Crippen LogP contribution in [-0.4, -0.2) is 15.8 Å². The number of aromatic nitrogens is 1. The van der Waals surface area contributed by atoms with Crippen LogP contribution in [0.5, 0.6) is 0 Å². The van der Waals surface area contributed by atoms with Crippen LogP contribution in [0.15, 0.2) is 24.3 Å². The van der Waals surface area contributed by atoms with Gasteiger partial charge in [-0.05, 0) is 25.8 Å². The van der Waals surface area contributed by atoms with Crippen LogP contribution in [0.2, 0.25) is 0 Å². The standard InChI is InChI=1S/C12H13N3O3/c1-8-10(15(17)18)6-7-11(13-8)14-12(16)9-4-2-3-5-9/h2-3,6-7,9H,4-5H2,1H3,(H,13,14,16). The molecule has 1 aromatic heterocycles. The lowest BCUT2D eigenvalue weighted by Crippen LogP contribution is -2.21. The summed E-state index contributed by atoms with van der Waals surface area (Å²) in [6, 6.07) is 2.80. The maximum absolute atomic E-state index is 11.8. The number of hydrogen-bond acceptors (Lipinski definition) is 4. The Labute approximate surface area is 104 Å². The molecule has 94 valence electrons. The van der Waals surface area contributed by atoms with Crippen LogP contribution in [0.4, 0.5) is 11.5 Å². The number of allylic oxidation sites excluding steroid dienone is 2. The number of nitro groups is 1. The molecular formula is C12H13N3O3. The summed E-state index contributed by atoms with van der Waals surface area (Å²) in [5, 5.41) is 13.3. The zero-order valence-electron chi connectivity index (χ0n) is 9.92. The predicted molar refractivity (Wildman–Crippen MR) is 66.1 cm³/mol. The van der Waals surface area contributed by atoms with Crippen LogP contribution in [0.1, 0.15) is 18.5 Å². The molecule has 1 amide bonds. The van der Waals surface area contributed by atoms with Crippen molar-refractivity contribution in [1.29, 1.82) is 0 Å². The topological polar surface area (TPSA) is 85.1 Å². The highest BCUT2D eigenvalue weighted by atomic mass is 16.6. The maximum atomic E-state index is 11.8. The van der Waals surface area contributed by atoms with Crippen molar-refractivity contribution in [3.63, 3.8) is 0 Å². The van der Waals surface area contributed by atoms with Gasteiger partial charge in [-0.1, -0.05) is 12.2 Å². The van der Waals surface area contributed by atoms with Gasteiger partial charge in [0.15, 0.2) is 0 Å². The highest BCUT2D eigenvalue weighted by Crippen LogP contribution is 2.21. The van der Waals surface area contributed by atoms with Crippen molar-refractivity contribution in [3.8, 4) is 0 Å². The number of amides is 1. The van der Waals surface area contributed by atoms with Crippen molar-refractivity contribution in [1.82, 2.24) is 4.98 Å². The number of aryl methyl sites for hydroxylation is 1. The molecule has 6 nitrogen and oxygen atoms in total. The molecule has 1 aliphatic carbocycles. The molecular weight excluding hydrogens is 234 g/mol. The summed E-state index contributed by atoms with van der Waals surface area (Å²) in [5.74, 6) is 0.207. The Balaban J connectivity index is 2.08. The highest BCUT2D eigenvalue weighted by Gasteiger charge is 2.20. The summed E-state index contributed by atoms with van der Waals surface area (Å²) < 4.78 is 0. The lowest BCUT2D eigenvalue weighted by molar-refractivity contribution is -0.385. The van der Waals surface area contributed by atoms with E-state index in [1.165, 1.54) is 12.1 Å². The summed E-state index contributed by atoms with van der Waals surface area (Å²) >= 11 is 0. The second kappa shape index (κ2) is 4.95. The number of nitrogens with one attached hydrogen (secondary N) is 1. The molecule has 1 aromatic rings. The lowest BCUT2D eigenvalue weighted by atomic mass is 10.1. The van der Waals surface area contributed by atoms with Crippen LogP contribution >= 0.6 is 0 Å². The van der Waals surface area contributed by atoms with Gasteiger partial charge in [-0.3, -0.25) is 14.9 Å². The molecule has 0 unspecified atom stereocenters. The number of nitrogens with zero attached hydrogens (tertiary/aromatic N) is 2. The molecule has 0 aliphatic heterocycles. The second-order valence-corrected chi connectivity index (χ2v) is 4.19. The van der Waals surface area contributed by atoms with Gasteiger partial charge < -0.3 is 5.32 Å². The number of carbonyl (C=O) groups is 1. The number of rotatable bonds is 3. The summed E-state index contributed by atoms with van der Waals surface area (Å²) in [6.07, 6.45) is 5.41. The Morgan fingerprint density at radius 1 is 1.44 bits per heavy atom. The lowest BCUT2D eigenvalue weighted by Gasteiger charge is -2.10. The molecule has 0 bridgehead atoms. The molecule has 0 radical (unpaired) electrons. The van der Waals surface area contributed by atoms with Crippen LogP contribution in [0, 0.1) is 23.0 Å². The molecule has 2 rings (SSSR count). The van der Waals surface area contributed by atoms with Gasteiger partial charge in [-0.15, -0.1) is 0 Å². The van der Waals surface area contributed by atoms with E-state index in [9.17, 15) is 14.9 Å². The molecule has 0 fully saturated rings. The molecule has 1 aliphatic rings. The SMILES string of the molecule is Cc1nc(NC(=O)C2CC=CC2)ccc1[N+](=O)[O-].